The van der Waals surface area contributed by atoms with E-state index in [1.54, 1.807) is 0 Å². The molecule has 0 saturated carbocycles. The monoisotopic (exact) mass is 341 g/mol. The van der Waals surface area contributed by atoms with Crippen LogP contribution < -0.4 is 10.1 Å². The summed E-state index contributed by atoms with van der Waals surface area (Å²) >= 11 is 1.40. The molecular weight excluding hydrogens is 322 g/mol. The number of amides is 1. The van der Waals surface area contributed by atoms with Crippen LogP contribution in [0, 0.1) is 0 Å². The Balaban J connectivity index is 1.61. The molecular formula is C18H19N3O2S. The van der Waals surface area contributed by atoms with Gasteiger partial charge in [-0.2, -0.15) is 0 Å². The van der Waals surface area contributed by atoms with Crippen LogP contribution in [0.4, 0.5) is 5.69 Å². The van der Waals surface area contributed by atoms with Crippen LogP contribution in [0.15, 0.2) is 53.7 Å². The predicted molar refractivity (Wildman–Crippen MR) is 97.7 cm³/mol. The lowest BCUT2D eigenvalue weighted by molar-refractivity contribution is -0.115. The number of anilines is 1. The van der Waals surface area contributed by atoms with Crippen LogP contribution in [-0.4, -0.2) is 27.7 Å². The number of fused-ring (bicyclic) bond motifs is 1. The molecule has 1 amide bonds. The third-order valence-electron chi connectivity index (χ3n) is 3.46. The van der Waals surface area contributed by atoms with Crippen LogP contribution in [-0.2, 0) is 4.79 Å². The Morgan fingerprint density at radius 3 is 2.71 bits per heavy atom. The summed E-state index contributed by atoms with van der Waals surface area (Å²) in [5.41, 5.74) is 2.62. The van der Waals surface area contributed by atoms with Crippen molar-refractivity contribution in [3.63, 3.8) is 0 Å². The van der Waals surface area contributed by atoms with Crippen molar-refractivity contribution in [2.45, 2.75) is 24.3 Å². The summed E-state index contributed by atoms with van der Waals surface area (Å²) < 4.78 is 5.39. The number of hydrogen-bond acceptors (Lipinski definition) is 4. The van der Waals surface area contributed by atoms with Gasteiger partial charge in [0.05, 0.1) is 22.9 Å². The third kappa shape index (κ3) is 3.89. The van der Waals surface area contributed by atoms with E-state index in [0.29, 0.717) is 6.61 Å². The fourth-order valence-corrected chi connectivity index (χ4v) is 3.07. The number of benzene rings is 2. The van der Waals surface area contributed by atoms with Crippen LogP contribution in [0.1, 0.15) is 13.8 Å². The molecule has 1 atom stereocenters. The number of para-hydroxylation sites is 2. The SMILES string of the molecule is CCOc1ccc(NC(=O)[C@@H](C)Sc2nc3ccccc3[nH]2)cc1. The lowest BCUT2D eigenvalue weighted by atomic mass is 10.3. The van der Waals surface area contributed by atoms with Gasteiger partial charge in [0.25, 0.3) is 0 Å². The molecule has 2 N–H and O–H groups in total. The minimum Gasteiger partial charge on any atom is -0.494 e. The van der Waals surface area contributed by atoms with Gasteiger partial charge in [-0.05, 0) is 50.2 Å². The Kier molecular flexibility index (Phi) is 5.05. The molecule has 3 rings (SSSR count). The minimum atomic E-state index is -0.267. The molecule has 5 nitrogen and oxygen atoms in total. The quantitative estimate of drug-likeness (QED) is 0.663. The van der Waals surface area contributed by atoms with Gasteiger partial charge in [0.15, 0.2) is 5.16 Å². The molecule has 0 bridgehead atoms. The second-order valence-electron chi connectivity index (χ2n) is 5.27. The maximum absolute atomic E-state index is 12.3. The summed E-state index contributed by atoms with van der Waals surface area (Å²) in [5.74, 6) is 0.727. The molecule has 0 aliphatic carbocycles. The fraction of sp³-hybridized carbons (Fsp3) is 0.222. The number of carbonyl (C=O) groups excluding carboxylic acids is 1. The van der Waals surface area contributed by atoms with Crippen LogP contribution >= 0.6 is 11.8 Å². The first-order valence-electron chi connectivity index (χ1n) is 7.81. The van der Waals surface area contributed by atoms with Crippen molar-refractivity contribution in [1.29, 1.82) is 0 Å². The largest absolute Gasteiger partial charge is 0.494 e. The van der Waals surface area contributed by atoms with Crippen LogP contribution in [0.25, 0.3) is 11.0 Å². The summed E-state index contributed by atoms with van der Waals surface area (Å²) in [5, 5.41) is 3.38. The van der Waals surface area contributed by atoms with E-state index in [9.17, 15) is 4.79 Å². The van der Waals surface area contributed by atoms with Crippen LogP contribution in [0.5, 0.6) is 5.75 Å². The highest BCUT2D eigenvalue weighted by atomic mass is 32.2. The second kappa shape index (κ2) is 7.40. The Morgan fingerprint density at radius 2 is 2.00 bits per heavy atom. The van der Waals surface area contributed by atoms with E-state index < -0.39 is 0 Å². The minimum absolute atomic E-state index is 0.0652. The van der Waals surface area contributed by atoms with Gasteiger partial charge in [0, 0.05) is 5.69 Å². The van der Waals surface area contributed by atoms with Crippen LogP contribution in [0.3, 0.4) is 0 Å². The number of aromatic nitrogens is 2. The maximum atomic E-state index is 12.3. The average Bonchev–Trinajstić information content (AvgIpc) is 2.99. The number of carbonyl (C=O) groups is 1. The number of aromatic amines is 1. The molecule has 1 heterocycles. The predicted octanol–water partition coefficient (Wildman–Crippen LogP) is 4.08. The average molecular weight is 341 g/mol. The normalized spacial score (nSPS) is 12.1. The summed E-state index contributed by atoms with van der Waals surface area (Å²) in [4.78, 5) is 20.0. The zero-order valence-corrected chi connectivity index (χ0v) is 14.4. The fourth-order valence-electron chi connectivity index (χ4n) is 2.25. The number of ether oxygens (including phenoxy) is 1. The topological polar surface area (TPSA) is 67.0 Å². The first kappa shape index (κ1) is 16.4. The van der Waals surface area contributed by atoms with Gasteiger partial charge < -0.3 is 15.0 Å². The molecule has 24 heavy (non-hydrogen) atoms. The van der Waals surface area contributed by atoms with Gasteiger partial charge in [-0.3, -0.25) is 4.79 Å². The first-order chi connectivity index (χ1) is 11.7. The zero-order chi connectivity index (χ0) is 16.9. The number of hydrogen-bond donors (Lipinski definition) is 2. The molecule has 0 aliphatic rings. The summed E-state index contributed by atoms with van der Waals surface area (Å²) in [6.07, 6.45) is 0. The number of thioether (sulfide) groups is 1. The highest BCUT2D eigenvalue weighted by Gasteiger charge is 2.16. The highest BCUT2D eigenvalue weighted by Crippen LogP contribution is 2.24. The Labute approximate surface area is 144 Å². The molecule has 6 heteroatoms. The van der Waals surface area contributed by atoms with Gasteiger partial charge in [-0.25, -0.2) is 4.98 Å². The van der Waals surface area contributed by atoms with Crippen molar-refractivity contribution >= 4 is 34.4 Å². The van der Waals surface area contributed by atoms with Gasteiger partial charge in [0.1, 0.15) is 5.75 Å². The van der Waals surface area contributed by atoms with Gasteiger partial charge in [0.2, 0.25) is 5.91 Å². The van der Waals surface area contributed by atoms with Gasteiger partial charge >= 0.3 is 0 Å². The molecule has 0 unspecified atom stereocenters. The number of imidazole rings is 1. The number of rotatable bonds is 6. The summed E-state index contributed by atoms with van der Waals surface area (Å²) in [6, 6.07) is 15.2. The smallest absolute Gasteiger partial charge is 0.237 e. The molecule has 0 radical (unpaired) electrons. The Hall–Kier alpha value is -2.47. The number of nitrogens with zero attached hydrogens (tertiary/aromatic N) is 1. The zero-order valence-electron chi connectivity index (χ0n) is 13.6. The molecule has 0 spiro atoms. The lowest BCUT2D eigenvalue weighted by Gasteiger charge is -2.11. The third-order valence-corrected chi connectivity index (χ3v) is 4.44. The Bertz CT molecular complexity index is 797. The first-order valence-corrected chi connectivity index (χ1v) is 8.69. The van der Waals surface area contributed by atoms with E-state index in [-0.39, 0.29) is 11.2 Å². The molecule has 3 aromatic rings. The highest BCUT2D eigenvalue weighted by molar-refractivity contribution is 8.00. The summed E-state index contributed by atoms with van der Waals surface area (Å²) in [6.45, 7) is 4.42. The van der Waals surface area contributed by atoms with E-state index in [4.69, 9.17) is 4.74 Å². The van der Waals surface area contributed by atoms with Gasteiger partial charge in [-0.15, -0.1) is 0 Å². The van der Waals surface area contributed by atoms with Crippen molar-refractivity contribution in [2.24, 2.45) is 0 Å². The van der Waals surface area contributed by atoms with E-state index in [0.717, 1.165) is 27.6 Å². The standard InChI is InChI=1S/C18H19N3O2S/c1-3-23-14-10-8-13(9-11-14)19-17(22)12(2)24-18-20-15-6-4-5-7-16(15)21-18/h4-12H,3H2,1-2H3,(H,19,22)(H,20,21)/t12-/m1/s1. The van der Waals surface area contributed by atoms with Crippen molar-refractivity contribution < 1.29 is 9.53 Å². The molecule has 124 valence electrons. The van der Waals surface area contributed by atoms with Crippen molar-refractivity contribution in [1.82, 2.24) is 9.97 Å². The summed E-state index contributed by atoms with van der Waals surface area (Å²) in [7, 11) is 0. The van der Waals surface area contributed by atoms with Crippen molar-refractivity contribution in [3.8, 4) is 5.75 Å². The Morgan fingerprint density at radius 1 is 1.25 bits per heavy atom. The van der Waals surface area contributed by atoms with Crippen LogP contribution in [0.2, 0.25) is 0 Å². The molecule has 2 aromatic carbocycles. The molecule has 0 saturated heterocycles. The van der Waals surface area contributed by atoms with E-state index in [2.05, 4.69) is 15.3 Å². The molecule has 0 fully saturated rings. The lowest BCUT2D eigenvalue weighted by Crippen LogP contribution is -2.22. The van der Waals surface area contributed by atoms with Crippen molar-refractivity contribution in [2.75, 3.05) is 11.9 Å². The van der Waals surface area contributed by atoms with E-state index in [1.807, 2.05) is 62.4 Å². The van der Waals surface area contributed by atoms with E-state index in [1.165, 1.54) is 11.8 Å². The number of H-pyrrole nitrogens is 1. The van der Waals surface area contributed by atoms with Gasteiger partial charge in [-0.1, -0.05) is 23.9 Å². The molecule has 1 aromatic heterocycles. The number of nitrogens with one attached hydrogen (secondary N) is 2. The van der Waals surface area contributed by atoms with E-state index >= 15 is 0 Å². The molecule has 0 aliphatic heterocycles. The van der Waals surface area contributed by atoms with Crippen molar-refractivity contribution in [3.05, 3.63) is 48.5 Å². The second-order valence-corrected chi connectivity index (χ2v) is 6.60. The maximum Gasteiger partial charge on any atom is 0.237 e.